The third kappa shape index (κ3) is 2.10. The largest absolute Gasteiger partial charge is 0.295 e. The zero-order valence-corrected chi connectivity index (χ0v) is 9.42. The fourth-order valence-electron chi connectivity index (χ4n) is 1.07. The van der Waals surface area contributed by atoms with E-state index in [2.05, 4.69) is 15.9 Å². The lowest BCUT2D eigenvalue weighted by Gasteiger charge is -2.01. The van der Waals surface area contributed by atoms with Gasteiger partial charge in [0.05, 0.1) is 9.40 Å². The zero-order valence-electron chi connectivity index (χ0n) is 7.08. The van der Waals surface area contributed by atoms with Gasteiger partial charge in [-0.1, -0.05) is 0 Å². The first-order valence-electron chi connectivity index (χ1n) is 3.58. The molecule has 0 atom stereocenters. The highest BCUT2D eigenvalue weighted by Crippen LogP contribution is 2.31. The molecule has 0 radical (unpaired) electrons. The maximum absolute atomic E-state index is 10.9. The van der Waals surface area contributed by atoms with Crippen LogP contribution < -0.4 is 0 Å². The summed E-state index contributed by atoms with van der Waals surface area (Å²) in [5, 5.41) is 9.79. The van der Waals surface area contributed by atoms with Crippen molar-refractivity contribution < 1.29 is 9.72 Å². The third-order valence-corrected chi connectivity index (χ3v) is 2.41. The third-order valence-electron chi connectivity index (χ3n) is 1.60. The molecule has 74 valence electrons. The van der Waals surface area contributed by atoms with Crippen molar-refractivity contribution in [3.8, 4) is 0 Å². The summed E-state index contributed by atoms with van der Waals surface area (Å²) < 4.78 is 0.256. The standard InChI is InChI=1S/C8H5BrClNO3/c1-4-2-5(8(10)12)7(11(13)14)6(9)3-4/h2-3H,1H3. The molecule has 6 heteroatoms. The molecule has 0 N–H and O–H groups in total. The lowest BCUT2D eigenvalue weighted by atomic mass is 10.1. The summed E-state index contributed by atoms with van der Waals surface area (Å²) >= 11 is 8.25. The number of nitro benzene ring substituents is 1. The van der Waals surface area contributed by atoms with Crippen LogP contribution in [-0.4, -0.2) is 10.2 Å². The lowest BCUT2D eigenvalue weighted by molar-refractivity contribution is -0.385. The average molecular weight is 278 g/mol. The van der Waals surface area contributed by atoms with Gasteiger partial charge in [0.1, 0.15) is 5.56 Å². The minimum absolute atomic E-state index is 0.0939. The van der Waals surface area contributed by atoms with E-state index in [4.69, 9.17) is 11.6 Å². The van der Waals surface area contributed by atoms with Gasteiger partial charge in [0, 0.05) is 0 Å². The van der Waals surface area contributed by atoms with E-state index in [-0.39, 0.29) is 15.7 Å². The molecular formula is C8H5BrClNO3. The van der Waals surface area contributed by atoms with Crippen molar-refractivity contribution in [1.82, 2.24) is 0 Å². The second-order valence-electron chi connectivity index (χ2n) is 2.67. The topological polar surface area (TPSA) is 60.2 Å². The molecule has 4 nitrogen and oxygen atoms in total. The normalized spacial score (nSPS) is 9.93. The molecule has 0 heterocycles. The van der Waals surface area contributed by atoms with E-state index in [1.165, 1.54) is 6.07 Å². The van der Waals surface area contributed by atoms with Crippen LogP contribution in [0.5, 0.6) is 0 Å². The number of halogens is 2. The number of carbonyl (C=O) groups is 1. The van der Waals surface area contributed by atoms with Crippen molar-refractivity contribution in [3.63, 3.8) is 0 Å². The van der Waals surface area contributed by atoms with Gasteiger partial charge in [-0.05, 0) is 52.2 Å². The molecule has 0 spiro atoms. The fourth-order valence-corrected chi connectivity index (χ4v) is 1.93. The Hall–Kier alpha value is -0.940. The number of rotatable bonds is 2. The second kappa shape index (κ2) is 4.06. The van der Waals surface area contributed by atoms with Crippen LogP contribution in [0.1, 0.15) is 15.9 Å². The summed E-state index contributed by atoms with van der Waals surface area (Å²) in [5.74, 6) is 0. The summed E-state index contributed by atoms with van der Waals surface area (Å²) in [7, 11) is 0. The van der Waals surface area contributed by atoms with Gasteiger partial charge in [0.25, 0.3) is 10.9 Å². The van der Waals surface area contributed by atoms with E-state index in [0.29, 0.717) is 0 Å². The molecule has 0 aliphatic carbocycles. The minimum atomic E-state index is -0.832. The highest BCUT2D eigenvalue weighted by molar-refractivity contribution is 9.10. The lowest BCUT2D eigenvalue weighted by Crippen LogP contribution is -2.00. The first-order chi connectivity index (χ1) is 6.43. The molecule has 14 heavy (non-hydrogen) atoms. The van der Waals surface area contributed by atoms with Gasteiger partial charge in [0.15, 0.2) is 0 Å². The van der Waals surface area contributed by atoms with E-state index < -0.39 is 10.2 Å². The van der Waals surface area contributed by atoms with Crippen molar-refractivity contribution in [3.05, 3.63) is 37.8 Å². The number of nitrogens with zero attached hydrogens (tertiary/aromatic N) is 1. The number of aryl methyl sites for hydroxylation is 1. The molecule has 1 aromatic rings. The smallest absolute Gasteiger partial charge is 0.275 e. The molecular weight excluding hydrogens is 273 g/mol. The summed E-state index contributed by atoms with van der Waals surface area (Å²) in [4.78, 5) is 20.9. The zero-order chi connectivity index (χ0) is 10.9. The van der Waals surface area contributed by atoms with Crippen molar-refractivity contribution in [2.75, 3.05) is 0 Å². The van der Waals surface area contributed by atoms with Gasteiger partial charge >= 0.3 is 0 Å². The van der Waals surface area contributed by atoms with Crippen LogP contribution in [-0.2, 0) is 0 Å². The molecule has 0 unspecified atom stereocenters. The predicted molar refractivity (Wildman–Crippen MR) is 55.7 cm³/mol. The van der Waals surface area contributed by atoms with Crippen molar-refractivity contribution >= 4 is 38.5 Å². The highest BCUT2D eigenvalue weighted by atomic mass is 79.9. The van der Waals surface area contributed by atoms with Gasteiger partial charge in [-0.15, -0.1) is 0 Å². The molecule has 0 fully saturated rings. The maximum Gasteiger partial charge on any atom is 0.295 e. The Labute approximate surface area is 93.1 Å². The van der Waals surface area contributed by atoms with Gasteiger partial charge < -0.3 is 0 Å². The summed E-state index contributed by atoms with van der Waals surface area (Å²) in [6.45, 7) is 1.72. The Morgan fingerprint density at radius 3 is 2.57 bits per heavy atom. The number of carbonyl (C=O) groups excluding carboxylic acids is 1. The quantitative estimate of drug-likeness (QED) is 0.474. The van der Waals surface area contributed by atoms with Crippen molar-refractivity contribution in [2.45, 2.75) is 6.92 Å². The summed E-state index contributed by atoms with van der Waals surface area (Å²) in [5.41, 5.74) is 0.339. The van der Waals surface area contributed by atoms with Crippen LogP contribution in [0.25, 0.3) is 0 Å². The first kappa shape index (κ1) is 11.1. The van der Waals surface area contributed by atoms with Gasteiger partial charge in [-0.2, -0.15) is 0 Å². The molecule has 0 saturated carbocycles. The number of benzene rings is 1. The van der Waals surface area contributed by atoms with E-state index in [1.54, 1.807) is 13.0 Å². The maximum atomic E-state index is 10.9. The van der Waals surface area contributed by atoms with Gasteiger partial charge in [-0.3, -0.25) is 14.9 Å². The number of hydrogen-bond acceptors (Lipinski definition) is 3. The molecule has 0 saturated heterocycles. The average Bonchev–Trinajstić information content (AvgIpc) is 2.01. The Bertz CT molecular complexity index is 419. The Morgan fingerprint density at radius 1 is 1.57 bits per heavy atom. The van der Waals surface area contributed by atoms with E-state index in [0.717, 1.165) is 5.56 Å². The summed E-state index contributed by atoms with van der Waals surface area (Å²) in [6, 6.07) is 2.94. The van der Waals surface area contributed by atoms with Crippen LogP contribution in [0.3, 0.4) is 0 Å². The van der Waals surface area contributed by atoms with Crippen LogP contribution in [0.2, 0.25) is 0 Å². The first-order valence-corrected chi connectivity index (χ1v) is 4.75. The van der Waals surface area contributed by atoms with Crippen LogP contribution in [0.4, 0.5) is 5.69 Å². The Morgan fingerprint density at radius 2 is 2.14 bits per heavy atom. The molecule has 0 bridgehead atoms. The molecule has 0 aromatic heterocycles. The Kier molecular flexibility index (Phi) is 3.23. The van der Waals surface area contributed by atoms with Crippen molar-refractivity contribution in [1.29, 1.82) is 0 Å². The molecule has 0 amide bonds. The SMILES string of the molecule is Cc1cc(Br)c([N+](=O)[O-])c(C(=O)Cl)c1. The monoisotopic (exact) mass is 277 g/mol. The van der Waals surface area contributed by atoms with E-state index in [9.17, 15) is 14.9 Å². The Balaban J connectivity index is 3.52. The predicted octanol–water partition coefficient (Wildman–Crippen LogP) is 3.04. The van der Waals surface area contributed by atoms with Gasteiger partial charge in [-0.25, -0.2) is 0 Å². The number of nitro groups is 1. The second-order valence-corrected chi connectivity index (χ2v) is 3.87. The molecule has 0 aliphatic rings. The van der Waals surface area contributed by atoms with E-state index in [1.807, 2.05) is 0 Å². The van der Waals surface area contributed by atoms with Crippen LogP contribution >= 0.6 is 27.5 Å². The molecule has 1 aromatic carbocycles. The highest BCUT2D eigenvalue weighted by Gasteiger charge is 2.22. The molecule has 1 rings (SSSR count). The van der Waals surface area contributed by atoms with Crippen LogP contribution in [0, 0.1) is 17.0 Å². The van der Waals surface area contributed by atoms with E-state index >= 15 is 0 Å². The summed E-state index contributed by atoms with van der Waals surface area (Å²) in [6.07, 6.45) is 0. The van der Waals surface area contributed by atoms with Crippen molar-refractivity contribution in [2.24, 2.45) is 0 Å². The van der Waals surface area contributed by atoms with Gasteiger partial charge in [0.2, 0.25) is 0 Å². The fraction of sp³-hybridized carbons (Fsp3) is 0.125. The minimum Gasteiger partial charge on any atom is -0.275 e. The van der Waals surface area contributed by atoms with Crippen LogP contribution in [0.15, 0.2) is 16.6 Å². The number of hydrogen-bond donors (Lipinski definition) is 0. The molecule has 0 aliphatic heterocycles.